The molecule has 0 aliphatic heterocycles. The molecular formula is C15H23ClS. The molecule has 2 rings (SSSR count). The van der Waals surface area contributed by atoms with Gasteiger partial charge in [-0.25, -0.2) is 0 Å². The zero-order chi connectivity index (χ0) is 12.6. The molecule has 1 aliphatic carbocycles. The predicted molar refractivity (Wildman–Crippen MR) is 78.2 cm³/mol. The van der Waals surface area contributed by atoms with Crippen LogP contribution in [0.4, 0.5) is 0 Å². The van der Waals surface area contributed by atoms with Crippen LogP contribution in [0.2, 0.25) is 0 Å². The fourth-order valence-corrected chi connectivity index (χ4v) is 4.99. The van der Waals surface area contributed by atoms with Gasteiger partial charge in [0.05, 0.1) is 0 Å². The van der Waals surface area contributed by atoms with Crippen molar-refractivity contribution in [2.24, 2.45) is 11.8 Å². The van der Waals surface area contributed by atoms with Crippen molar-refractivity contribution >= 4 is 22.9 Å². The van der Waals surface area contributed by atoms with Gasteiger partial charge in [-0.15, -0.1) is 22.9 Å². The van der Waals surface area contributed by atoms with E-state index in [1.54, 1.807) is 0 Å². The molecule has 0 amide bonds. The number of aryl methyl sites for hydroxylation is 1. The smallest absolute Gasteiger partial charge is 0.0375 e. The Hall–Kier alpha value is -0.0100. The summed E-state index contributed by atoms with van der Waals surface area (Å²) in [5.74, 6) is 1.42. The van der Waals surface area contributed by atoms with Crippen LogP contribution >= 0.6 is 22.9 Å². The molecule has 2 heteroatoms. The lowest BCUT2D eigenvalue weighted by Crippen LogP contribution is -2.38. The Morgan fingerprint density at radius 1 is 1.35 bits per heavy atom. The molecule has 1 aromatic heterocycles. The first-order chi connectivity index (χ1) is 7.93. The van der Waals surface area contributed by atoms with Crippen LogP contribution < -0.4 is 0 Å². The molecule has 17 heavy (non-hydrogen) atoms. The zero-order valence-corrected chi connectivity index (χ0v) is 12.9. The lowest BCUT2D eigenvalue weighted by molar-refractivity contribution is 0.207. The maximum atomic E-state index is 6.63. The topological polar surface area (TPSA) is 0 Å². The van der Waals surface area contributed by atoms with Crippen molar-refractivity contribution in [3.63, 3.8) is 0 Å². The van der Waals surface area contributed by atoms with Crippen LogP contribution in [-0.2, 0) is 5.41 Å². The highest BCUT2D eigenvalue weighted by Gasteiger charge is 2.39. The van der Waals surface area contributed by atoms with E-state index in [4.69, 9.17) is 11.6 Å². The van der Waals surface area contributed by atoms with Gasteiger partial charge in [0.1, 0.15) is 0 Å². The minimum Gasteiger partial charge on any atom is -0.149 e. The summed E-state index contributed by atoms with van der Waals surface area (Å²) in [5.41, 5.74) is 1.73. The quantitative estimate of drug-likeness (QED) is 0.633. The molecule has 1 aromatic rings. The zero-order valence-electron chi connectivity index (χ0n) is 11.3. The van der Waals surface area contributed by atoms with Gasteiger partial charge in [0, 0.05) is 10.3 Å². The SMILES string of the molecule is Cc1sccc1C(C)(C)C1CCC(C)CC1Cl. The molecule has 1 saturated carbocycles. The molecule has 0 nitrogen and oxygen atoms in total. The number of halogens is 1. The molecule has 0 saturated heterocycles. The summed E-state index contributed by atoms with van der Waals surface area (Å²) in [4.78, 5) is 1.46. The lowest BCUT2D eigenvalue weighted by Gasteiger charge is -2.42. The fraction of sp³-hybridized carbons (Fsp3) is 0.733. The lowest BCUT2D eigenvalue weighted by atomic mass is 9.66. The molecule has 1 aliphatic rings. The molecule has 3 unspecified atom stereocenters. The average molecular weight is 271 g/mol. The molecule has 96 valence electrons. The first-order valence-electron chi connectivity index (χ1n) is 6.61. The van der Waals surface area contributed by atoms with Crippen molar-refractivity contribution in [3.05, 3.63) is 21.9 Å². The summed E-state index contributed by atoms with van der Waals surface area (Å²) >= 11 is 8.49. The molecule has 0 N–H and O–H groups in total. The second-order valence-corrected chi connectivity index (χ2v) is 7.83. The molecule has 0 radical (unpaired) electrons. The van der Waals surface area contributed by atoms with Crippen LogP contribution in [0.25, 0.3) is 0 Å². The Balaban J connectivity index is 2.24. The van der Waals surface area contributed by atoms with E-state index in [0.717, 1.165) is 5.92 Å². The van der Waals surface area contributed by atoms with Crippen LogP contribution in [0.3, 0.4) is 0 Å². The van der Waals surface area contributed by atoms with E-state index in [-0.39, 0.29) is 5.41 Å². The Kier molecular flexibility index (Phi) is 3.89. The van der Waals surface area contributed by atoms with E-state index < -0.39 is 0 Å². The van der Waals surface area contributed by atoms with E-state index >= 15 is 0 Å². The van der Waals surface area contributed by atoms with Gasteiger partial charge in [0.25, 0.3) is 0 Å². The number of thiophene rings is 1. The normalized spacial score (nSPS) is 30.5. The van der Waals surface area contributed by atoms with Gasteiger partial charge in [-0.3, -0.25) is 0 Å². The number of hydrogen-bond acceptors (Lipinski definition) is 1. The third kappa shape index (κ3) is 2.56. The van der Waals surface area contributed by atoms with Gasteiger partial charge in [-0.1, -0.05) is 27.2 Å². The van der Waals surface area contributed by atoms with Gasteiger partial charge >= 0.3 is 0 Å². The van der Waals surface area contributed by atoms with Crippen LogP contribution in [0.15, 0.2) is 11.4 Å². The summed E-state index contributed by atoms with van der Waals surface area (Å²) in [5, 5.41) is 2.55. The largest absolute Gasteiger partial charge is 0.149 e. The Labute approximate surface area is 114 Å². The Bertz CT molecular complexity index is 380. The number of hydrogen-bond donors (Lipinski definition) is 0. The fourth-order valence-electron chi connectivity index (χ4n) is 3.38. The predicted octanol–water partition coefficient (Wildman–Crippen LogP) is 5.38. The maximum absolute atomic E-state index is 6.63. The summed E-state index contributed by atoms with van der Waals surface area (Å²) < 4.78 is 0. The molecule has 0 spiro atoms. The molecule has 0 bridgehead atoms. The summed E-state index contributed by atoms with van der Waals surface area (Å²) in [7, 11) is 0. The summed E-state index contributed by atoms with van der Waals surface area (Å²) in [6, 6.07) is 2.29. The van der Waals surface area contributed by atoms with E-state index in [9.17, 15) is 0 Å². The van der Waals surface area contributed by atoms with Gasteiger partial charge in [-0.2, -0.15) is 0 Å². The monoisotopic (exact) mass is 270 g/mol. The van der Waals surface area contributed by atoms with E-state index in [1.807, 2.05) is 11.3 Å². The van der Waals surface area contributed by atoms with E-state index in [2.05, 4.69) is 39.1 Å². The van der Waals surface area contributed by atoms with Crippen molar-refractivity contribution < 1.29 is 0 Å². The molecule has 0 aromatic carbocycles. The van der Waals surface area contributed by atoms with Crippen LogP contribution in [-0.4, -0.2) is 5.38 Å². The third-order valence-electron chi connectivity index (χ3n) is 4.51. The first kappa shape index (κ1) is 13.4. The average Bonchev–Trinajstić information content (AvgIpc) is 2.64. The standard InChI is InChI=1S/C15H23ClS/c1-10-5-6-13(14(16)9-10)15(3,4)12-7-8-17-11(12)2/h7-8,10,13-14H,5-6,9H2,1-4H3. The van der Waals surface area contributed by atoms with Crippen molar-refractivity contribution in [2.75, 3.05) is 0 Å². The molecule has 1 heterocycles. The highest BCUT2D eigenvalue weighted by Crippen LogP contribution is 2.45. The van der Waals surface area contributed by atoms with Gasteiger partial charge < -0.3 is 0 Å². The molecule has 1 fully saturated rings. The van der Waals surface area contributed by atoms with Gasteiger partial charge in [-0.05, 0) is 54.0 Å². The highest BCUT2D eigenvalue weighted by molar-refractivity contribution is 7.10. The number of alkyl halides is 1. The summed E-state index contributed by atoms with van der Waals surface area (Å²) in [6.07, 6.45) is 3.79. The van der Waals surface area contributed by atoms with Crippen LogP contribution in [0.5, 0.6) is 0 Å². The Morgan fingerprint density at radius 2 is 2.06 bits per heavy atom. The van der Waals surface area contributed by atoms with Crippen molar-refractivity contribution in [1.82, 2.24) is 0 Å². The van der Waals surface area contributed by atoms with Gasteiger partial charge in [0.2, 0.25) is 0 Å². The minimum absolute atomic E-state index is 0.219. The van der Waals surface area contributed by atoms with Crippen molar-refractivity contribution in [3.8, 4) is 0 Å². The molecular weight excluding hydrogens is 248 g/mol. The van der Waals surface area contributed by atoms with Crippen molar-refractivity contribution in [2.45, 2.75) is 57.7 Å². The van der Waals surface area contributed by atoms with Crippen LogP contribution in [0.1, 0.15) is 50.5 Å². The van der Waals surface area contributed by atoms with Crippen molar-refractivity contribution in [1.29, 1.82) is 0 Å². The van der Waals surface area contributed by atoms with E-state index in [0.29, 0.717) is 11.3 Å². The van der Waals surface area contributed by atoms with Crippen LogP contribution in [0, 0.1) is 18.8 Å². The van der Waals surface area contributed by atoms with Gasteiger partial charge in [0.15, 0.2) is 0 Å². The molecule has 3 atom stereocenters. The maximum Gasteiger partial charge on any atom is 0.0375 e. The van der Waals surface area contributed by atoms with E-state index in [1.165, 1.54) is 29.7 Å². The number of rotatable bonds is 2. The Morgan fingerprint density at radius 3 is 2.59 bits per heavy atom. The third-order valence-corrected chi connectivity index (χ3v) is 5.84. The second-order valence-electron chi connectivity index (χ2n) is 6.15. The second kappa shape index (κ2) is 4.93. The first-order valence-corrected chi connectivity index (χ1v) is 7.93. The minimum atomic E-state index is 0.219. The highest BCUT2D eigenvalue weighted by atomic mass is 35.5. The summed E-state index contributed by atoms with van der Waals surface area (Å²) in [6.45, 7) is 9.31.